The van der Waals surface area contributed by atoms with Gasteiger partial charge in [0.1, 0.15) is 40.5 Å². The summed E-state index contributed by atoms with van der Waals surface area (Å²) in [5.74, 6) is -0.236. The van der Waals surface area contributed by atoms with Gasteiger partial charge in [-0.05, 0) is 91.7 Å². The van der Waals surface area contributed by atoms with Gasteiger partial charge in [0.25, 0.3) is 0 Å². The lowest BCUT2D eigenvalue weighted by molar-refractivity contribution is -0.0584. The minimum atomic E-state index is -1.03. The maximum atomic E-state index is 14.6. The summed E-state index contributed by atoms with van der Waals surface area (Å²) in [6.07, 6.45) is 6.05. The number of carbonyl (C=O) groups excluding carboxylic acids is 1. The Hall–Kier alpha value is -4.16. The second kappa shape index (κ2) is 15.9. The monoisotopic (exact) mass is 828 g/mol. The van der Waals surface area contributed by atoms with Crippen LogP contribution < -0.4 is 10.6 Å². The minimum Gasteiger partial charge on any atom is -0.477 e. The van der Waals surface area contributed by atoms with Gasteiger partial charge < -0.3 is 20.5 Å². The highest BCUT2D eigenvalue weighted by Crippen LogP contribution is 2.63. The summed E-state index contributed by atoms with van der Waals surface area (Å²) < 4.78 is 38.5. The number of rotatable bonds is 5. The van der Waals surface area contributed by atoms with Crippen molar-refractivity contribution in [3.8, 4) is 0 Å². The molecule has 2 saturated carbocycles. The number of carbonyl (C=O) groups is 2. The zero-order valence-electron chi connectivity index (χ0n) is 34.5. The number of aryl methyl sites for hydroxylation is 2. The van der Waals surface area contributed by atoms with E-state index >= 15 is 0 Å². The van der Waals surface area contributed by atoms with Crippen molar-refractivity contribution in [2.24, 2.45) is 16.7 Å². The predicted octanol–water partition coefficient (Wildman–Crippen LogP) is 10.6. The van der Waals surface area contributed by atoms with E-state index in [4.69, 9.17) is 9.84 Å². The molecule has 0 radical (unpaired) electrons. The summed E-state index contributed by atoms with van der Waals surface area (Å²) >= 11 is 4.64. The number of alkyl halides is 1. The SMILES string of the molecule is CCl.Cc1nn2c(c1C(=O)O)NC(c1ccccc1F)CC2(C)C.Cc1nn2c(c1C(=O)OC1C(C)(C)[C@H]3CC[C@]1(C)C3)NC(c1ccccc1F)CC2(C)C.Cl. The van der Waals surface area contributed by atoms with Crippen LogP contribution in [0.25, 0.3) is 0 Å². The van der Waals surface area contributed by atoms with Crippen molar-refractivity contribution in [3.05, 3.63) is 93.8 Å². The molecule has 2 aliphatic carbocycles. The maximum Gasteiger partial charge on any atom is 0.344 e. The van der Waals surface area contributed by atoms with E-state index in [2.05, 4.69) is 62.0 Å². The fraction of sp³-hybridized carbons (Fsp3) is 0.535. The topological polar surface area (TPSA) is 123 Å². The van der Waals surface area contributed by atoms with Gasteiger partial charge in [-0.2, -0.15) is 10.2 Å². The second-order valence-electron chi connectivity index (χ2n) is 17.9. The number of benzene rings is 2. The molecular formula is C43H56Cl2F2N6O4. The van der Waals surface area contributed by atoms with Gasteiger partial charge in [-0.1, -0.05) is 57.2 Å². The molecule has 0 spiro atoms. The van der Waals surface area contributed by atoms with Crippen LogP contribution in [-0.2, 0) is 15.8 Å². The summed E-state index contributed by atoms with van der Waals surface area (Å²) in [5.41, 5.74) is 2.07. The molecule has 4 aliphatic rings. The van der Waals surface area contributed by atoms with Crippen LogP contribution in [0, 0.1) is 42.2 Å². The number of hydrogen-bond donors (Lipinski definition) is 3. The van der Waals surface area contributed by atoms with E-state index in [1.165, 1.54) is 24.9 Å². The number of nitrogens with one attached hydrogen (secondary N) is 2. The summed E-state index contributed by atoms with van der Waals surface area (Å²) in [6, 6.07) is 12.8. The van der Waals surface area contributed by atoms with Crippen molar-refractivity contribution in [3.63, 3.8) is 0 Å². The van der Waals surface area contributed by atoms with Gasteiger partial charge in [0, 0.05) is 28.3 Å². The highest BCUT2D eigenvalue weighted by molar-refractivity contribution is 6.15. The average Bonchev–Trinajstić information content (AvgIpc) is 3.84. The van der Waals surface area contributed by atoms with Crippen LogP contribution in [0.1, 0.15) is 136 Å². The number of carboxylic acids is 1. The van der Waals surface area contributed by atoms with Crippen LogP contribution in [0.3, 0.4) is 0 Å². The first-order chi connectivity index (χ1) is 26.2. The minimum absolute atomic E-state index is 0. The third-order valence-corrected chi connectivity index (χ3v) is 12.6. The molecule has 14 heteroatoms. The third kappa shape index (κ3) is 7.76. The molecular weight excluding hydrogens is 773 g/mol. The first-order valence-corrected chi connectivity index (χ1v) is 20.0. The molecule has 0 saturated heterocycles. The molecule has 4 heterocycles. The Morgan fingerprint density at radius 3 is 1.63 bits per heavy atom. The maximum absolute atomic E-state index is 14.6. The Bertz CT molecular complexity index is 2140. The molecule has 2 aliphatic heterocycles. The van der Waals surface area contributed by atoms with E-state index in [0.717, 1.165) is 12.8 Å². The molecule has 3 unspecified atom stereocenters. The van der Waals surface area contributed by atoms with Crippen LogP contribution in [0.5, 0.6) is 0 Å². The van der Waals surface area contributed by atoms with Crippen molar-refractivity contribution < 1.29 is 28.2 Å². The third-order valence-electron chi connectivity index (χ3n) is 12.6. The highest BCUT2D eigenvalue weighted by Gasteiger charge is 2.61. The summed E-state index contributed by atoms with van der Waals surface area (Å²) in [5, 5.41) is 25.1. The number of nitrogens with zero attached hydrogens (tertiary/aromatic N) is 4. The number of aromatic nitrogens is 4. The molecule has 8 rings (SSSR count). The number of esters is 1. The highest BCUT2D eigenvalue weighted by atomic mass is 35.5. The number of anilines is 2. The van der Waals surface area contributed by atoms with Gasteiger partial charge in [0.2, 0.25) is 0 Å². The molecule has 2 aromatic carbocycles. The Labute approximate surface area is 345 Å². The van der Waals surface area contributed by atoms with Gasteiger partial charge in [0.15, 0.2) is 0 Å². The molecule has 2 fully saturated rings. The van der Waals surface area contributed by atoms with Gasteiger partial charge in [-0.15, -0.1) is 24.0 Å². The molecule has 57 heavy (non-hydrogen) atoms. The number of carboxylic acid groups (broad SMARTS) is 1. The quantitative estimate of drug-likeness (QED) is 0.134. The van der Waals surface area contributed by atoms with E-state index in [-0.39, 0.29) is 70.1 Å². The summed E-state index contributed by atoms with van der Waals surface area (Å²) in [7, 11) is 0. The molecule has 10 nitrogen and oxygen atoms in total. The number of fused-ring (bicyclic) bond motifs is 4. The standard InChI is InChI=1S/C26H34FN3O2.C16H18FN3O2.CH3Cl.ClH/c1-15-20(22(31)32-23-25(4,5)16-11-12-26(23,6)13-16)21-28-19(14-24(2,3)30(21)29-15)17-9-7-8-10-18(17)27;1-9-13(15(21)22)14-18-12(8-16(2,3)20(14)19-9)10-6-4-5-7-11(10)17;1-2;/h7-10,16,19,23,28H,11-14H2,1-6H3;4-7,12,18H,8H2,1-3H3,(H,21,22);1H3;1H/t16-,19?,23?,26+;;;/m0.../s1. The molecule has 3 N–H and O–H groups in total. The Morgan fingerprint density at radius 1 is 0.772 bits per heavy atom. The second-order valence-corrected chi connectivity index (χ2v) is 17.9. The Kier molecular flexibility index (Phi) is 12.2. The van der Waals surface area contributed by atoms with Gasteiger partial charge in [0.05, 0.1) is 34.5 Å². The van der Waals surface area contributed by atoms with Crippen molar-refractivity contribution in [2.75, 3.05) is 17.0 Å². The van der Waals surface area contributed by atoms with E-state index in [0.29, 0.717) is 58.5 Å². The lowest BCUT2D eigenvalue weighted by atomic mass is 9.70. The average molecular weight is 830 g/mol. The van der Waals surface area contributed by atoms with E-state index in [9.17, 15) is 23.5 Å². The van der Waals surface area contributed by atoms with Crippen molar-refractivity contribution >= 4 is 47.6 Å². The first kappa shape index (κ1) is 44.0. The number of halogens is 4. The van der Waals surface area contributed by atoms with Crippen LogP contribution in [0.15, 0.2) is 48.5 Å². The van der Waals surface area contributed by atoms with Crippen molar-refractivity contribution in [1.82, 2.24) is 19.6 Å². The van der Waals surface area contributed by atoms with Crippen LogP contribution in [-0.4, -0.2) is 49.1 Å². The van der Waals surface area contributed by atoms with Crippen LogP contribution in [0.4, 0.5) is 20.4 Å². The number of ether oxygens (including phenoxy) is 1. The zero-order valence-corrected chi connectivity index (χ0v) is 36.0. The zero-order chi connectivity index (χ0) is 41.1. The molecule has 4 aromatic rings. The smallest absolute Gasteiger partial charge is 0.344 e. The van der Waals surface area contributed by atoms with Gasteiger partial charge >= 0.3 is 11.9 Å². The normalized spacial score (nSPS) is 25.4. The largest absolute Gasteiger partial charge is 0.477 e. The van der Waals surface area contributed by atoms with Gasteiger partial charge in [-0.3, -0.25) is 0 Å². The van der Waals surface area contributed by atoms with E-state index < -0.39 is 11.5 Å². The summed E-state index contributed by atoms with van der Waals surface area (Å²) in [6.45, 7) is 18.4. The van der Waals surface area contributed by atoms with E-state index in [1.807, 2.05) is 31.5 Å². The molecule has 5 atom stereocenters. The van der Waals surface area contributed by atoms with Crippen LogP contribution >= 0.6 is 24.0 Å². The fourth-order valence-corrected chi connectivity index (χ4v) is 9.91. The number of aromatic carboxylic acids is 1. The predicted molar refractivity (Wildman–Crippen MR) is 222 cm³/mol. The molecule has 310 valence electrons. The molecule has 0 amide bonds. The lowest BCUT2D eigenvalue weighted by Gasteiger charge is -2.42. The van der Waals surface area contributed by atoms with Gasteiger partial charge in [-0.25, -0.2) is 27.7 Å². The van der Waals surface area contributed by atoms with Crippen molar-refractivity contribution in [1.29, 1.82) is 0 Å². The number of hydrogen-bond acceptors (Lipinski definition) is 7. The Morgan fingerprint density at radius 2 is 1.21 bits per heavy atom. The lowest BCUT2D eigenvalue weighted by Crippen LogP contribution is -2.44. The fourth-order valence-electron chi connectivity index (χ4n) is 9.91. The molecule has 2 aromatic heterocycles. The Balaban J connectivity index is 0.000000218. The van der Waals surface area contributed by atoms with E-state index in [1.54, 1.807) is 41.9 Å². The van der Waals surface area contributed by atoms with Crippen molar-refractivity contribution in [2.45, 2.75) is 124 Å². The first-order valence-electron chi connectivity index (χ1n) is 19.3. The summed E-state index contributed by atoms with van der Waals surface area (Å²) in [4.78, 5) is 25.1. The van der Waals surface area contributed by atoms with Crippen LogP contribution in [0.2, 0.25) is 0 Å². The molecule has 2 bridgehead atoms.